The maximum absolute atomic E-state index is 12.3. The van der Waals surface area contributed by atoms with Gasteiger partial charge in [-0.2, -0.15) is 0 Å². The van der Waals surface area contributed by atoms with E-state index >= 15 is 0 Å². The average Bonchev–Trinajstić information content (AvgIpc) is 3.07. The first-order valence-corrected chi connectivity index (χ1v) is 12.2. The second-order valence-corrected chi connectivity index (χ2v) is 9.74. The Hall–Kier alpha value is -2.83. The Morgan fingerprint density at radius 2 is 1.30 bits per heavy atom. The molecule has 0 radical (unpaired) electrons. The third kappa shape index (κ3) is 8.56. The van der Waals surface area contributed by atoms with E-state index in [9.17, 15) is 28.8 Å². The van der Waals surface area contributed by atoms with Crippen LogP contribution in [0.15, 0.2) is 0 Å². The molecular formula is C18H27N2O12P. The number of carboxylic acid groups (broad SMARTS) is 2. The summed E-state index contributed by atoms with van der Waals surface area (Å²) in [7, 11) is -4.00. The minimum atomic E-state index is -4.00. The molecule has 33 heavy (non-hydrogen) atoms. The molecule has 3 atom stereocenters. The van der Waals surface area contributed by atoms with Crippen molar-refractivity contribution in [3.8, 4) is 0 Å². The van der Waals surface area contributed by atoms with E-state index in [1.807, 2.05) is 0 Å². The number of rotatable bonds is 10. The summed E-state index contributed by atoms with van der Waals surface area (Å²) in [5.41, 5.74) is 0. The first kappa shape index (κ1) is 26.4. The van der Waals surface area contributed by atoms with E-state index in [1.54, 1.807) is 0 Å². The number of carbonyl (C=O) groups excluding carboxylic acids is 4. The predicted molar refractivity (Wildman–Crippen MR) is 108 cm³/mol. The van der Waals surface area contributed by atoms with Crippen LogP contribution in [-0.4, -0.2) is 64.4 Å². The van der Waals surface area contributed by atoms with Crippen molar-refractivity contribution in [2.45, 2.75) is 76.7 Å². The van der Waals surface area contributed by atoms with E-state index in [0.29, 0.717) is 12.8 Å². The molecule has 0 aromatic carbocycles. The monoisotopic (exact) mass is 494 g/mol. The van der Waals surface area contributed by atoms with Gasteiger partial charge < -0.3 is 0 Å². The van der Waals surface area contributed by atoms with Gasteiger partial charge in [-0.05, 0) is 0 Å². The molecule has 0 aromatic heterocycles. The zero-order valence-electron chi connectivity index (χ0n) is 17.9. The molecule has 15 heteroatoms. The molecule has 1 saturated heterocycles. The third-order valence-corrected chi connectivity index (χ3v) is 7.32. The van der Waals surface area contributed by atoms with E-state index < -0.39 is 75.8 Å². The van der Waals surface area contributed by atoms with Gasteiger partial charge in [0.15, 0.2) is 0 Å². The summed E-state index contributed by atoms with van der Waals surface area (Å²) >= 11 is 0. The number of carboxylic acids is 2. The summed E-state index contributed by atoms with van der Waals surface area (Å²) in [6, 6.07) is -0.341. The molecule has 2 aliphatic rings. The van der Waals surface area contributed by atoms with Crippen LogP contribution in [0.5, 0.6) is 0 Å². The van der Waals surface area contributed by atoms with Gasteiger partial charge in [0.25, 0.3) is 0 Å². The number of ether oxygens (including phenoxy) is 2. The number of hydrogen-bond acceptors (Lipinski definition) is 12. The number of esters is 2. The molecule has 2 rings (SSSR count). The summed E-state index contributed by atoms with van der Waals surface area (Å²) in [4.78, 5) is 69.3. The molecule has 1 aliphatic carbocycles. The minimum absolute atomic E-state index is 0.171. The Morgan fingerprint density at radius 3 is 1.82 bits per heavy atom. The van der Waals surface area contributed by atoms with Crippen molar-refractivity contribution in [3.63, 3.8) is 0 Å². The fraction of sp³-hybridized carbons (Fsp3) is 0.667. The van der Waals surface area contributed by atoms with Gasteiger partial charge in [-0.1, -0.05) is 0 Å². The molecule has 2 unspecified atom stereocenters. The van der Waals surface area contributed by atoms with Crippen molar-refractivity contribution in [3.05, 3.63) is 0 Å². The number of nitrogens with one attached hydrogen (secondary N) is 2. The molecule has 1 heterocycles. The first-order valence-electron chi connectivity index (χ1n) is 10.3. The zero-order valence-corrected chi connectivity index (χ0v) is 18.9. The van der Waals surface area contributed by atoms with Gasteiger partial charge in [0.05, 0.1) is 0 Å². The van der Waals surface area contributed by atoms with Crippen molar-refractivity contribution in [1.29, 1.82) is 0 Å². The van der Waals surface area contributed by atoms with Gasteiger partial charge in [0.2, 0.25) is 0 Å². The van der Waals surface area contributed by atoms with Crippen LogP contribution < -0.4 is 10.2 Å². The number of fused-ring (bicyclic) bond motifs is 1. The van der Waals surface area contributed by atoms with E-state index in [-0.39, 0.29) is 12.1 Å². The summed E-state index contributed by atoms with van der Waals surface area (Å²) in [6.07, 6.45) is -0.181. The number of aliphatic carboxylic acids is 2. The quantitative estimate of drug-likeness (QED) is 0.138. The van der Waals surface area contributed by atoms with Crippen molar-refractivity contribution < 1.29 is 57.5 Å². The summed E-state index contributed by atoms with van der Waals surface area (Å²) in [5.74, 6) is -7.35. The predicted octanol–water partition coefficient (Wildman–Crippen LogP) is 0.149. The Labute approximate surface area is 188 Å². The first-order chi connectivity index (χ1) is 15.5. The average molecular weight is 494 g/mol. The van der Waals surface area contributed by atoms with Crippen molar-refractivity contribution in [2.75, 3.05) is 0 Å². The van der Waals surface area contributed by atoms with E-state index in [4.69, 9.17) is 28.7 Å². The molecule has 1 aliphatic heterocycles. The summed E-state index contributed by atoms with van der Waals surface area (Å²) < 4.78 is 19.9. The molecular weight excluding hydrogens is 467 g/mol. The van der Waals surface area contributed by atoms with E-state index in [1.165, 1.54) is 0 Å². The molecule has 0 spiro atoms. The van der Waals surface area contributed by atoms with Gasteiger partial charge in [-0.15, -0.1) is 0 Å². The molecule has 0 amide bonds. The normalized spacial score (nSPS) is 22.7. The SMILES string of the molecule is C[C@@H](OC(=O)CCC(=O)O)OC(=O)C(=O)O[PH]1(OC(=O)CCC(=O)O)NC2CCCCC2N1. The van der Waals surface area contributed by atoms with Gasteiger partial charge in [-0.3, -0.25) is 0 Å². The van der Waals surface area contributed by atoms with Crippen LogP contribution in [0.3, 0.4) is 0 Å². The van der Waals surface area contributed by atoms with E-state index in [0.717, 1.165) is 19.8 Å². The molecule has 0 aromatic rings. The molecule has 0 bridgehead atoms. The second kappa shape index (κ2) is 11.9. The van der Waals surface area contributed by atoms with Crippen LogP contribution in [0.2, 0.25) is 0 Å². The Bertz CT molecular complexity index is 789. The number of hydrogen-bond donors (Lipinski definition) is 4. The molecule has 1 saturated carbocycles. The fourth-order valence-corrected chi connectivity index (χ4v) is 6.21. The van der Waals surface area contributed by atoms with Crippen LogP contribution in [0.1, 0.15) is 58.3 Å². The van der Waals surface area contributed by atoms with Crippen LogP contribution >= 0.6 is 8.02 Å². The second-order valence-electron chi connectivity index (χ2n) is 7.52. The van der Waals surface area contributed by atoms with Crippen molar-refractivity contribution in [1.82, 2.24) is 10.2 Å². The van der Waals surface area contributed by atoms with Crippen LogP contribution in [0, 0.1) is 0 Å². The summed E-state index contributed by atoms with van der Waals surface area (Å²) in [5, 5.41) is 23.2. The molecule has 14 nitrogen and oxygen atoms in total. The fourth-order valence-electron chi connectivity index (χ4n) is 3.41. The summed E-state index contributed by atoms with van der Waals surface area (Å²) in [6.45, 7) is 1.14. The van der Waals surface area contributed by atoms with Gasteiger partial charge in [0, 0.05) is 0 Å². The van der Waals surface area contributed by atoms with E-state index in [2.05, 4.69) is 10.2 Å². The maximum atomic E-state index is 12.3. The molecule has 186 valence electrons. The number of carbonyl (C=O) groups is 6. The topological polar surface area (TPSA) is 204 Å². The van der Waals surface area contributed by atoms with Gasteiger partial charge in [-0.25, -0.2) is 0 Å². The van der Waals surface area contributed by atoms with Crippen LogP contribution in [0.4, 0.5) is 0 Å². The standard InChI is InChI=1S/C18H27N2O12P/c1-10(29-15(25)8-6-13(21)22)30-17(27)18(28)32-33(31-16(26)9-7-14(23)24)19-11-4-2-3-5-12(11)20-33/h10-12,19-20,33H,2-9H2,1H3,(H,21,22)(H,23,24)/t10-,11?,12?/m0/s1. The molecule has 4 N–H and O–H groups in total. The Balaban J connectivity index is 1.98. The van der Waals surface area contributed by atoms with Gasteiger partial charge in [0.1, 0.15) is 0 Å². The van der Waals surface area contributed by atoms with Gasteiger partial charge >= 0.3 is 188 Å². The Morgan fingerprint density at radius 1 is 0.788 bits per heavy atom. The molecule has 2 fully saturated rings. The van der Waals surface area contributed by atoms with Crippen molar-refractivity contribution >= 4 is 43.8 Å². The van der Waals surface area contributed by atoms with Crippen LogP contribution in [-0.2, 0) is 47.3 Å². The third-order valence-electron chi connectivity index (χ3n) is 4.83. The zero-order chi connectivity index (χ0) is 24.6. The van der Waals surface area contributed by atoms with Crippen molar-refractivity contribution in [2.24, 2.45) is 0 Å². The Kier molecular flexibility index (Phi) is 9.50. The van der Waals surface area contributed by atoms with Crippen LogP contribution in [0.25, 0.3) is 0 Å².